The molecule has 0 bridgehead atoms. The van der Waals surface area contributed by atoms with E-state index in [1.54, 1.807) is 18.4 Å². The van der Waals surface area contributed by atoms with Crippen molar-refractivity contribution >= 4 is 11.3 Å². The van der Waals surface area contributed by atoms with Crippen LogP contribution in [-0.4, -0.2) is 25.1 Å². The van der Waals surface area contributed by atoms with Crippen molar-refractivity contribution in [2.24, 2.45) is 5.73 Å². The molecule has 3 nitrogen and oxygen atoms in total. The van der Waals surface area contributed by atoms with Gasteiger partial charge in [-0.1, -0.05) is 12.1 Å². The van der Waals surface area contributed by atoms with E-state index in [4.69, 9.17) is 10.5 Å². The smallest absolute Gasteiger partial charge is 0.118 e. The van der Waals surface area contributed by atoms with Crippen LogP contribution in [0.25, 0.3) is 0 Å². The van der Waals surface area contributed by atoms with Crippen molar-refractivity contribution in [3.8, 4) is 5.75 Å². The monoisotopic (exact) mass is 290 g/mol. The number of benzene rings is 1. The summed E-state index contributed by atoms with van der Waals surface area (Å²) >= 11 is 1.73. The van der Waals surface area contributed by atoms with E-state index in [0.29, 0.717) is 0 Å². The number of ether oxygens (including phenoxy) is 1. The third kappa shape index (κ3) is 3.60. The number of hydrogen-bond donors (Lipinski definition) is 1. The SMILES string of the molecule is COc1ccc(C(C(C)N)N(C)Cc2ccsc2)cc1. The normalized spacial score (nSPS) is 14.2. The third-order valence-electron chi connectivity index (χ3n) is 3.44. The van der Waals surface area contributed by atoms with E-state index in [-0.39, 0.29) is 12.1 Å². The highest BCUT2D eigenvalue weighted by atomic mass is 32.1. The van der Waals surface area contributed by atoms with E-state index >= 15 is 0 Å². The van der Waals surface area contributed by atoms with Crippen molar-refractivity contribution in [3.63, 3.8) is 0 Å². The molecule has 20 heavy (non-hydrogen) atoms. The van der Waals surface area contributed by atoms with Gasteiger partial charge in [-0.05, 0) is 54.1 Å². The Bertz CT molecular complexity index is 508. The van der Waals surface area contributed by atoms with Gasteiger partial charge in [0.25, 0.3) is 0 Å². The summed E-state index contributed by atoms with van der Waals surface area (Å²) in [5, 5.41) is 4.29. The van der Waals surface area contributed by atoms with Crippen LogP contribution in [0.5, 0.6) is 5.75 Å². The molecule has 0 aliphatic rings. The van der Waals surface area contributed by atoms with Crippen molar-refractivity contribution in [2.45, 2.75) is 25.6 Å². The Morgan fingerprint density at radius 2 is 1.95 bits per heavy atom. The zero-order chi connectivity index (χ0) is 14.5. The Kier molecular flexibility index (Phi) is 5.17. The number of methoxy groups -OCH3 is 1. The van der Waals surface area contributed by atoms with Crippen molar-refractivity contribution in [1.29, 1.82) is 0 Å². The molecule has 2 aromatic rings. The van der Waals surface area contributed by atoms with Crippen LogP contribution in [-0.2, 0) is 6.54 Å². The second kappa shape index (κ2) is 6.88. The molecule has 2 unspecified atom stereocenters. The minimum atomic E-state index is 0.0621. The molecule has 0 amide bonds. The molecule has 2 N–H and O–H groups in total. The van der Waals surface area contributed by atoms with Gasteiger partial charge in [0.2, 0.25) is 0 Å². The van der Waals surface area contributed by atoms with Crippen LogP contribution in [0.15, 0.2) is 41.1 Å². The summed E-state index contributed by atoms with van der Waals surface area (Å²) in [6.45, 7) is 2.96. The predicted molar refractivity (Wildman–Crippen MR) is 85.2 cm³/mol. The molecule has 0 saturated carbocycles. The van der Waals surface area contributed by atoms with Gasteiger partial charge in [-0.25, -0.2) is 0 Å². The molecule has 0 fully saturated rings. The van der Waals surface area contributed by atoms with Crippen LogP contribution in [0, 0.1) is 0 Å². The zero-order valence-corrected chi connectivity index (χ0v) is 13.1. The maximum Gasteiger partial charge on any atom is 0.118 e. The van der Waals surface area contributed by atoms with Gasteiger partial charge < -0.3 is 10.5 Å². The Morgan fingerprint density at radius 3 is 2.45 bits per heavy atom. The minimum absolute atomic E-state index is 0.0621. The van der Waals surface area contributed by atoms with Crippen molar-refractivity contribution in [2.75, 3.05) is 14.2 Å². The molecular formula is C16H22N2OS. The summed E-state index contributed by atoms with van der Waals surface area (Å²) in [5.74, 6) is 0.873. The maximum atomic E-state index is 6.20. The number of nitrogens with zero attached hydrogens (tertiary/aromatic N) is 1. The van der Waals surface area contributed by atoms with Gasteiger partial charge in [0.05, 0.1) is 7.11 Å². The number of likely N-dealkylation sites (N-methyl/N-ethyl adjacent to an activating group) is 1. The second-order valence-electron chi connectivity index (χ2n) is 5.12. The molecule has 1 aromatic carbocycles. The Hall–Kier alpha value is -1.36. The van der Waals surface area contributed by atoms with E-state index in [1.165, 1.54) is 11.1 Å². The summed E-state index contributed by atoms with van der Waals surface area (Å²) in [7, 11) is 3.80. The summed E-state index contributed by atoms with van der Waals surface area (Å²) in [4.78, 5) is 2.30. The fourth-order valence-electron chi connectivity index (χ4n) is 2.53. The molecular weight excluding hydrogens is 268 g/mol. The quantitative estimate of drug-likeness (QED) is 0.887. The molecule has 0 radical (unpaired) electrons. The first-order valence-corrected chi connectivity index (χ1v) is 7.67. The topological polar surface area (TPSA) is 38.5 Å². The van der Waals surface area contributed by atoms with Crippen LogP contribution in [0.2, 0.25) is 0 Å². The first-order chi connectivity index (χ1) is 9.61. The van der Waals surface area contributed by atoms with Crippen molar-refractivity contribution in [3.05, 3.63) is 52.2 Å². The molecule has 0 saturated heterocycles. The van der Waals surface area contributed by atoms with Gasteiger partial charge >= 0.3 is 0 Å². The first kappa shape index (κ1) is 15.0. The van der Waals surface area contributed by atoms with E-state index in [9.17, 15) is 0 Å². The molecule has 2 atom stereocenters. The lowest BCUT2D eigenvalue weighted by Gasteiger charge is -2.31. The number of thiophene rings is 1. The lowest BCUT2D eigenvalue weighted by molar-refractivity contribution is 0.211. The molecule has 4 heteroatoms. The number of rotatable bonds is 6. The minimum Gasteiger partial charge on any atom is -0.497 e. The molecule has 0 spiro atoms. The van der Waals surface area contributed by atoms with E-state index in [2.05, 4.69) is 47.8 Å². The summed E-state index contributed by atoms with van der Waals surface area (Å²) in [5.41, 5.74) is 8.75. The maximum absolute atomic E-state index is 6.20. The van der Waals surface area contributed by atoms with Crippen LogP contribution in [0.3, 0.4) is 0 Å². The lowest BCUT2D eigenvalue weighted by Crippen LogP contribution is -2.36. The highest BCUT2D eigenvalue weighted by Crippen LogP contribution is 2.26. The van der Waals surface area contributed by atoms with E-state index < -0.39 is 0 Å². The fraction of sp³-hybridized carbons (Fsp3) is 0.375. The molecule has 1 heterocycles. The van der Waals surface area contributed by atoms with Crippen LogP contribution >= 0.6 is 11.3 Å². The number of hydrogen-bond acceptors (Lipinski definition) is 4. The van der Waals surface area contributed by atoms with Crippen LogP contribution in [0.1, 0.15) is 24.1 Å². The van der Waals surface area contributed by atoms with Gasteiger partial charge in [-0.2, -0.15) is 11.3 Å². The molecule has 0 aliphatic heterocycles. The Morgan fingerprint density at radius 1 is 1.25 bits per heavy atom. The summed E-state index contributed by atoms with van der Waals surface area (Å²) in [6, 6.07) is 10.6. The number of nitrogens with two attached hydrogens (primary N) is 1. The molecule has 108 valence electrons. The lowest BCUT2D eigenvalue weighted by atomic mass is 9.99. The van der Waals surface area contributed by atoms with E-state index in [1.807, 2.05) is 12.1 Å². The fourth-order valence-corrected chi connectivity index (χ4v) is 3.19. The van der Waals surface area contributed by atoms with Crippen LogP contribution in [0.4, 0.5) is 0 Å². The van der Waals surface area contributed by atoms with E-state index in [0.717, 1.165) is 12.3 Å². The highest BCUT2D eigenvalue weighted by molar-refractivity contribution is 7.07. The molecule has 0 aliphatic carbocycles. The largest absolute Gasteiger partial charge is 0.497 e. The van der Waals surface area contributed by atoms with Crippen LogP contribution < -0.4 is 10.5 Å². The zero-order valence-electron chi connectivity index (χ0n) is 12.2. The third-order valence-corrected chi connectivity index (χ3v) is 4.17. The summed E-state index contributed by atoms with van der Waals surface area (Å²) < 4.78 is 5.21. The van der Waals surface area contributed by atoms with Gasteiger partial charge in [-0.3, -0.25) is 4.90 Å². The molecule has 2 rings (SSSR count). The van der Waals surface area contributed by atoms with Gasteiger partial charge in [0.15, 0.2) is 0 Å². The standard InChI is InChI=1S/C16H22N2OS/c1-12(17)16(14-4-6-15(19-3)7-5-14)18(2)10-13-8-9-20-11-13/h4-9,11-12,16H,10,17H2,1-3H3. The van der Waals surface area contributed by atoms with Gasteiger partial charge in [0.1, 0.15) is 5.75 Å². The van der Waals surface area contributed by atoms with Crippen molar-refractivity contribution < 1.29 is 4.74 Å². The Balaban J connectivity index is 2.16. The average molecular weight is 290 g/mol. The van der Waals surface area contributed by atoms with Gasteiger partial charge in [-0.15, -0.1) is 0 Å². The van der Waals surface area contributed by atoms with Crippen molar-refractivity contribution in [1.82, 2.24) is 4.90 Å². The predicted octanol–water partition coefficient (Wildman–Crippen LogP) is 3.28. The average Bonchev–Trinajstić information content (AvgIpc) is 2.92. The Labute approximate surface area is 125 Å². The highest BCUT2D eigenvalue weighted by Gasteiger charge is 2.21. The summed E-state index contributed by atoms with van der Waals surface area (Å²) in [6.07, 6.45) is 0. The first-order valence-electron chi connectivity index (χ1n) is 6.72. The van der Waals surface area contributed by atoms with Gasteiger partial charge in [0, 0.05) is 18.6 Å². The second-order valence-corrected chi connectivity index (χ2v) is 5.90. The molecule has 1 aromatic heterocycles.